The Morgan fingerprint density at radius 1 is 1.30 bits per heavy atom. The standard InChI is InChI=1S/C19H23N3O5/c1-4-7-13(15(24)16-19(2,3)10-27-18(26)21-16)14(23)11-8-5-6-9-12(11)17(25)22-20/h5-6,8-9,13,16,20H,4,7,10H2,1-3H3,(H,21,26)/t13-,16?/m1/s1. The smallest absolute Gasteiger partial charge is 0.407 e. The van der Waals surface area contributed by atoms with E-state index in [9.17, 15) is 19.2 Å². The maximum absolute atomic E-state index is 13.2. The largest absolute Gasteiger partial charge is 0.449 e. The van der Waals surface area contributed by atoms with Crippen molar-refractivity contribution < 1.29 is 23.9 Å². The lowest BCUT2D eigenvalue weighted by Gasteiger charge is -2.38. The van der Waals surface area contributed by atoms with E-state index in [0.29, 0.717) is 6.42 Å². The van der Waals surface area contributed by atoms with Crippen LogP contribution in [0.1, 0.15) is 54.3 Å². The van der Waals surface area contributed by atoms with Gasteiger partial charge in [-0.3, -0.25) is 14.4 Å². The van der Waals surface area contributed by atoms with Gasteiger partial charge in [-0.1, -0.05) is 45.4 Å². The van der Waals surface area contributed by atoms with Gasteiger partial charge in [-0.15, -0.1) is 5.11 Å². The van der Waals surface area contributed by atoms with Gasteiger partial charge in [0.2, 0.25) is 0 Å². The van der Waals surface area contributed by atoms with Crippen LogP contribution >= 0.6 is 0 Å². The molecule has 1 aliphatic rings. The summed E-state index contributed by atoms with van der Waals surface area (Å²) >= 11 is 0. The van der Waals surface area contributed by atoms with E-state index in [1.807, 2.05) is 6.92 Å². The Labute approximate surface area is 157 Å². The first-order chi connectivity index (χ1) is 12.7. The van der Waals surface area contributed by atoms with Gasteiger partial charge in [0.05, 0.1) is 17.5 Å². The van der Waals surface area contributed by atoms with Crippen molar-refractivity contribution >= 4 is 23.6 Å². The highest BCUT2D eigenvalue weighted by molar-refractivity contribution is 6.16. The number of alkyl carbamates (subject to hydrolysis) is 1. The fourth-order valence-electron chi connectivity index (χ4n) is 3.17. The normalized spacial score (nSPS) is 19.4. The fourth-order valence-corrected chi connectivity index (χ4v) is 3.17. The maximum atomic E-state index is 13.2. The molecule has 2 amide bonds. The Kier molecular flexibility index (Phi) is 6.20. The average molecular weight is 373 g/mol. The van der Waals surface area contributed by atoms with Crippen LogP contribution in [0.25, 0.3) is 0 Å². The van der Waals surface area contributed by atoms with Crippen LogP contribution in [-0.2, 0) is 9.53 Å². The SMILES string of the molecule is CCC[C@H](C(=O)c1ccccc1C(=O)N=N)C(=O)C1NC(=O)OCC1(C)C. The summed E-state index contributed by atoms with van der Waals surface area (Å²) in [4.78, 5) is 49.8. The zero-order chi connectivity index (χ0) is 20.2. The van der Waals surface area contributed by atoms with E-state index in [-0.39, 0.29) is 24.2 Å². The van der Waals surface area contributed by atoms with E-state index < -0.39 is 40.9 Å². The second kappa shape index (κ2) is 8.20. The lowest BCUT2D eigenvalue weighted by atomic mass is 9.75. The number of hydrogen-bond acceptors (Lipinski definition) is 6. The molecule has 0 aromatic heterocycles. The summed E-state index contributed by atoms with van der Waals surface area (Å²) in [7, 11) is 0. The molecule has 1 fully saturated rings. The summed E-state index contributed by atoms with van der Waals surface area (Å²) in [5.41, 5.74) is 6.29. The van der Waals surface area contributed by atoms with Crippen molar-refractivity contribution in [2.45, 2.75) is 39.7 Å². The summed E-state index contributed by atoms with van der Waals surface area (Å²) in [6.45, 7) is 5.46. The molecule has 1 saturated heterocycles. The van der Waals surface area contributed by atoms with Crippen LogP contribution < -0.4 is 5.32 Å². The Bertz CT molecular complexity index is 787. The third-order valence-electron chi connectivity index (χ3n) is 4.67. The molecule has 1 aliphatic heterocycles. The number of cyclic esters (lactones) is 1. The molecule has 8 nitrogen and oxygen atoms in total. The van der Waals surface area contributed by atoms with Crippen LogP contribution in [0.15, 0.2) is 29.4 Å². The zero-order valence-corrected chi connectivity index (χ0v) is 15.6. The van der Waals surface area contributed by atoms with Crippen molar-refractivity contribution in [3.63, 3.8) is 0 Å². The quantitative estimate of drug-likeness (QED) is 0.431. The molecule has 1 aromatic carbocycles. The Morgan fingerprint density at radius 2 is 1.93 bits per heavy atom. The van der Waals surface area contributed by atoms with Crippen LogP contribution in [0.3, 0.4) is 0 Å². The highest BCUT2D eigenvalue weighted by Gasteiger charge is 2.45. The van der Waals surface area contributed by atoms with Crippen molar-refractivity contribution in [1.82, 2.24) is 5.32 Å². The minimum Gasteiger partial charge on any atom is -0.449 e. The number of carbonyl (C=O) groups is 4. The Hall–Kier alpha value is -2.90. The molecular weight excluding hydrogens is 350 g/mol. The van der Waals surface area contributed by atoms with Crippen molar-refractivity contribution in [3.05, 3.63) is 35.4 Å². The molecule has 2 N–H and O–H groups in total. The number of carbonyl (C=O) groups excluding carboxylic acids is 4. The molecule has 0 saturated carbocycles. The highest BCUT2D eigenvalue weighted by atomic mass is 16.6. The number of nitrogens with one attached hydrogen (secondary N) is 2. The lowest BCUT2D eigenvalue weighted by molar-refractivity contribution is -0.128. The van der Waals surface area contributed by atoms with Crippen molar-refractivity contribution in [2.75, 3.05) is 6.61 Å². The molecular formula is C19H23N3O5. The molecule has 0 radical (unpaired) electrons. The summed E-state index contributed by atoms with van der Waals surface area (Å²) in [6, 6.07) is 5.13. The zero-order valence-electron chi connectivity index (χ0n) is 15.6. The summed E-state index contributed by atoms with van der Waals surface area (Å²) in [6.07, 6.45) is 0.152. The molecule has 8 heteroatoms. The van der Waals surface area contributed by atoms with E-state index in [4.69, 9.17) is 10.3 Å². The van der Waals surface area contributed by atoms with Crippen molar-refractivity contribution in [1.29, 1.82) is 5.53 Å². The minimum absolute atomic E-state index is 0.0123. The third kappa shape index (κ3) is 4.27. The lowest BCUT2D eigenvalue weighted by Crippen LogP contribution is -2.58. The summed E-state index contributed by atoms with van der Waals surface area (Å²) < 4.78 is 4.96. The second-order valence-corrected chi connectivity index (χ2v) is 7.21. The van der Waals surface area contributed by atoms with Crippen molar-refractivity contribution in [3.8, 4) is 0 Å². The van der Waals surface area contributed by atoms with Crippen LogP contribution in [0, 0.1) is 16.9 Å². The van der Waals surface area contributed by atoms with Gasteiger partial charge in [0, 0.05) is 11.0 Å². The number of Topliss-reactive ketones (excluding diaryl/α,β-unsaturated/α-hetero) is 2. The third-order valence-corrected chi connectivity index (χ3v) is 4.67. The van der Waals surface area contributed by atoms with E-state index >= 15 is 0 Å². The van der Waals surface area contributed by atoms with Gasteiger partial charge in [-0.05, 0) is 12.5 Å². The van der Waals surface area contributed by atoms with Gasteiger partial charge in [0.15, 0.2) is 11.6 Å². The van der Waals surface area contributed by atoms with E-state index in [1.54, 1.807) is 26.0 Å². The molecule has 27 heavy (non-hydrogen) atoms. The number of amides is 2. The number of hydrogen-bond donors (Lipinski definition) is 2. The molecule has 2 atom stereocenters. The number of nitrogens with zero attached hydrogens (tertiary/aromatic N) is 1. The fraction of sp³-hybridized carbons (Fsp3) is 0.474. The van der Waals surface area contributed by atoms with E-state index in [1.165, 1.54) is 12.1 Å². The van der Waals surface area contributed by atoms with E-state index in [2.05, 4.69) is 10.4 Å². The summed E-state index contributed by atoms with van der Waals surface area (Å²) in [5, 5.41) is 5.40. The number of ketones is 2. The topological polar surface area (TPSA) is 126 Å². The highest BCUT2D eigenvalue weighted by Crippen LogP contribution is 2.30. The minimum atomic E-state index is -1.02. The molecule has 1 heterocycles. The van der Waals surface area contributed by atoms with Gasteiger partial charge in [-0.2, -0.15) is 0 Å². The molecule has 1 unspecified atom stereocenters. The van der Waals surface area contributed by atoms with Gasteiger partial charge in [0.1, 0.15) is 6.61 Å². The number of rotatable bonds is 7. The molecule has 0 spiro atoms. The average Bonchev–Trinajstić information content (AvgIpc) is 2.66. The predicted molar refractivity (Wildman–Crippen MR) is 95.7 cm³/mol. The van der Waals surface area contributed by atoms with Crippen molar-refractivity contribution in [2.24, 2.45) is 16.4 Å². The van der Waals surface area contributed by atoms with Gasteiger partial charge in [0.25, 0.3) is 5.91 Å². The summed E-state index contributed by atoms with van der Waals surface area (Å²) in [5.74, 6) is -2.78. The first-order valence-corrected chi connectivity index (χ1v) is 8.75. The van der Waals surface area contributed by atoms with Crippen LogP contribution in [0.5, 0.6) is 0 Å². The predicted octanol–water partition coefficient (Wildman–Crippen LogP) is 3.16. The molecule has 144 valence electrons. The van der Waals surface area contributed by atoms with Gasteiger partial charge in [-0.25, -0.2) is 10.3 Å². The Morgan fingerprint density at radius 3 is 2.52 bits per heavy atom. The van der Waals surface area contributed by atoms with E-state index in [0.717, 1.165) is 0 Å². The monoisotopic (exact) mass is 373 g/mol. The molecule has 0 aliphatic carbocycles. The first-order valence-electron chi connectivity index (χ1n) is 8.75. The number of benzene rings is 1. The first kappa shape index (κ1) is 20.4. The molecule has 2 rings (SSSR count). The van der Waals surface area contributed by atoms with Crippen LogP contribution in [0.2, 0.25) is 0 Å². The van der Waals surface area contributed by atoms with Crippen LogP contribution in [-0.4, -0.2) is 36.2 Å². The number of ether oxygens (including phenoxy) is 1. The Balaban J connectivity index is 2.41. The van der Waals surface area contributed by atoms with Gasteiger partial charge >= 0.3 is 6.09 Å². The van der Waals surface area contributed by atoms with Gasteiger partial charge < -0.3 is 10.1 Å². The second-order valence-electron chi connectivity index (χ2n) is 7.21. The molecule has 1 aromatic rings. The maximum Gasteiger partial charge on any atom is 0.407 e. The molecule has 0 bridgehead atoms. The van der Waals surface area contributed by atoms with Crippen LogP contribution in [0.4, 0.5) is 4.79 Å².